The van der Waals surface area contributed by atoms with Crippen molar-refractivity contribution < 1.29 is 0 Å². The molecule has 0 aliphatic heterocycles. The second kappa shape index (κ2) is 6.15. The first kappa shape index (κ1) is 9.03. The molecule has 0 fully saturated rings. The number of hydrogen-bond acceptors (Lipinski definition) is 0. The molecule has 0 saturated carbocycles. The number of hydrogen-bond donors (Lipinski definition) is 0. The molecule has 0 atom stereocenters. The summed E-state index contributed by atoms with van der Waals surface area (Å²) in [5.74, 6) is 0. The van der Waals surface area contributed by atoms with E-state index < -0.39 is 0 Å². The van der Waals surface area contributed by atoms with E-state index in [2.05, 4.69) is 13.8 Å². The lowest BCUT2D eigenvalue weighted by Gasteiger charge is -1.91. The number of rotatable bonds is 4. The van der Waals surface area contributed by atoms with Crippen LogP contribution in [0, 0.1) is 6.92 Å². The molecule has 0 unspecified atom stereocenters. The van der Waals surface area contributed by atoms with Crippen molar-refractivity contribution in [3.05, 3.63) is 18.0 Å². The van der Waals surface area contributed by atoms with Crippen molar-refractivity contribution in [2.75, 3.05) is 0 Å². The van der Waals surface area contributed by atoms with Crippen LogP contribution in [0.3, 0.4) is 0 Å². The molecule has 53 valence electrons. The Morgan fingerprint density at radius 3 is 2.67 bits per heavy atom. The smallest absolute Gasteiger partial charge is 0.0144 e. The van der Waals surface area contributed by atoms with Crippen molar-refractivity contribution in [1.82, 2.24) is 0 Å². The molecule has 0 nitrogen and oxygen atoms in total. The molecule has 0 rings (SSSR count). The van der Waals surface area contributed by atoms with Gasteiger partial charge in [0.25, 0.3) is 0 Å². The van der Waals surface area contributed by atoms with Crippen LogP contribution in [-0.4, -0.2) is 0 Å². The Labute approximate surface area is 62.9 Å². The molecule has 0 spiro atoms. The van der Waals surface area contributed by atoms with E-state index in [1.807, 2.05) is 6.08 Å². The highest BCUT2D eigenvalue weighted by molar-refractivity contribution is 6.30. The Hall–Kier alpha value is 0.0300. The zero-order valence-electron chi connectivity index (χ0n) is 5.99. The molecule has 9 heavy (non-hydrogen) atoms. The summed E-state index contributed by atoms with van der Waals surface area (Å²) >= 11 is 5.51. The van der Waals surface area contributed by atoms with E-state index in [1.54, 1.807) is 0 Å². The lowest BCUT2D eigenvalue weighted by molar-refractivity contribution is 0.729. The van der Waals surface area contributed by atoms with E-state index >= 15 is 0 Å². The summed E-state index contributed by atoms with van der Waals surface area (Å²) in [6.07, 6.45) is 6.85. The van der Waals surface area contributed by atoms with Gasteiger partial charge in [0.1, 0.15) is 0 Å². The zero-order chi connectivity index (χ0) is 7.11. The average molecular weight is 146 g/mol. The van der Waals surface area contributed by atoms with Crippen LogP contribution < -0.4 is 0 Å². The topological polar surface area (TPSA) is 0 Å². The Morgan fingerprint density at radius 2 is 2.22 bits per heavy atom. The first-order valence-corrected chi connectivity index (χ1v) is 3.82. The summed E-state index contributed by atoms with van der Waals surface area (Å²) in [7, 11) is 0. The van der Waals surface area contributed by atoms with E-state index in [9.17, 15) is 0 Å². The normalized spacial score (nSPS) is 12.1. The van der Waals surface area contributed by atoms with Gasteiger partial charge in [-0.2, -0.15) is 0 Å². The first-order chi connectivity index (χ1) is 4.27. The highest BCUT2D eigenvalue weighted by atomic mass is 35.5. The van der Waals surface area contributed by atoms with Crippen molar-refractivity contribution >= 4 is 11.6 Å². The molecule has 1 radical (unpaired) electrons. The molecule has 0 amide bonds. The van der Waals surface area contributed by atoms with Gasteiger partial charge in [0.05, 0.1) is 0 Å². The Bertz CT molecular complexity index is 80.6. The van der Waals surface area contributed by atoms with Crippen LogP contribution in [0.1, 0.15) is 32.6 Å². The minimum absolute atomic E-state index is 0.672. The van der Waals surface area contributed by atoms with Gasteiger partial charge in [-0.25, -0.2) is 0 Å². The fourth-order valence-electron chi connectivity index (χ4n) is 0.653. The van der Waals surface area contributed by atoms with E-state index in [-0.39, 0.29) is 0 Å². The lowest BCUT2D eigenvalue weighted by Crippen LogP contribution is -1.70. The van der Waals surface area contributed by atoms with E-state index in [0.29, 0.717) is 5.03 Å². The minimum Gasteiger partial charge on any atom is -0.0895 e. The van der Waals surface area contributed by atoms with Gasteiger partial charge in [-0.05, 0) is 19.8 Å². The maximum Gasteiger partial charge on any atom is 0.0144 e. The molecule has 1 heteroatoms. The van der Waals surface area contributed by atoms with Crippen LogP contribution in [0.4, 0.5) is 0 Å². The van der Waals surface area contributed by atoms with Gasteiger partial charge in [-0.1, -0.05) is 37.4 Å². The molecule has 0 aromatic heterocycles. The van der Waals surface area contributed by atoms with Gasteiger partial charge in [0.15, 0.2) is 0 Å². The molecular formula is C8H14Cl. The average Bonchev–Trinajstić information content (AvgIpc) is 1.80. The summed E-state index contributed by atoms with van der Waals surface area (Å²) in [4.78, 5) is 0. The maximum absolute atomic E-state index is 5.51. The van der Waals surface area contributed by atoms with Crippen molar-refractivity contribution in [1.29, 1.82) is 0 Å². The predicted molar refractivity (Wildman–Crippen MR) is 43.4 cm³/mol. The number of allylic oxidation sites excluding steroid dienone is 2. The van der Waals surface area contributed by atoms with E-state index in [4.69, 9.17) is 11.6 Å². The molecule has 0 heterocycles. The molecule has 0 aliphatic carbocycles. The minimum atomic E-state index is 0.672. The van der Waals surface area contributed by atoms with Crippen LogP contribution >= 0.6 is 11.6 Å². The molecule has 0 aromatic carbocycles. The lowest BCUT2D eigenvalue weighted by atomic mass is 10.2. The van der Waals surface area contributed by atoms with Crippen LogP contribution in [0.5, 0.6) is 0 Å². The van der Waals surface area contributed by atoms with Gasteiger partial charge in [-0.15, -0.1) is 0 Å². The number of unbranched alkanes of at least 4 members (excludes halogenated alkanes) is 3. The van der Waals surface area contributed by atoms with Crippen molar-refractivity contribution in [3.63, 3.8) is 0 Å². The summed E-state index contributed by atoms with van der Waals surface area (Å²) < 4.78 is 0. The van der Waals surface area contributed by atoms with Gasteiger partial charge in [0.2, 0.25) is 0 Å². The third kappa shape index (κ3) is 8.03. The van der Waals surface area contributed by atoms with Crippen molar-refractivity contribution in [3.8, 4) is 0 Å². The summed E-state index contributed by atoms with van der Waals surface area (Å²) in [6.45, 7) is 5.75. The molecule has 0 N–H and O–H groups in total. The third-order valence-corrected chi connectivity index (χ3v) is 1.33. The monoisotopic (exact) mass is 145 g/mol. The Kier molecular flexibility index (Phi) is 6.18. The molecule has 0 aromatic rings. The number of halogens is 1. The Balaban J connectivity index is 3.00. The fraction of sp³-hybridized carbons (Fsp3) is 0.625. The molecule has 0 bridgehead atoms. The Morgan fingerprint density at radius 1 is 1.56 bits per heavy atom. The van der Waals surface area contributed by atoms with Crippen LogP contribution in [0.2, 0.25) is 0 Å². The van der Waals surface area contributed by atoms with Crippen LogP contribution in [-0.2, 0) is 0 Å². The van der Waals surface area contributed by atoms with Crippen LogP contribution in [0.15, 0.2) is 11.1 Å². The largest absolute Gasteiger partial charge is 0.0895 e. The van der Waals surface area contributed by atoms with E-state index in [1.165, 1.54) is 19.3 Å². The summed E-state index contributed by atoms with van der Waals surface area (Å²) in [5, 5.41) is 0.672. The van der Waals surface area contributed by atoms with Gasteiger partial charge in [-0.3, -0.25) is 0 Å². The SMILES string of the molecule is [CH2]C(Cl)=CCCCCC. The van der Waals surface area contributed by atoms with Gasteiger partial charge < -0.3 is 0 Å². The molecule has 0 aliphatic rings. The second-order valence-electron chi connectivity index (χ2n) is 2.15. The van der Waals surface area contributed by atoms with Crippen molar-refractivity contribution in [2.45, 2.75) is 32.6 Å². The second-order valence-corrected chi connectivity index (χ2v) is 2.63. The highest BCUT2D eigenvalue weighted by Gasteiger charge is 1.82. The summed E-state index contributed by atoms with van der Waals surface area (Å²) in [5.41, 5.74) is 0. The fourth-order valence-corrected chi connectivity index (χ4v) is 0.762. The van der Waals surface area contributed by atoms with E-state index in [0.717, 1.165) is 6.42 Å². The predicted octanol–water partition coefficient (Wildman–Crippen LogP) is 3.52. The quantitative estimate of drug-likeness (QED) is 0.531. The van der Waals surface area contributed by atoms with Crippen molar-refractivity contribution in [2.24, 2.45) is 0 Å². The summed E-state index contributed by atoms with van der Waals surface area (Å²) in [6, 6.07) is 0. The van der Waals surface area contributed by atoms with Gasteiger partial charge in [0, 0.05) is 5.03 Å². The first-order valence-electron chi connectivity index (χ1n) is 3.45. The molecular weight excluding hydrogens is 132 g/mol. The molecule has 0 saturated heterocycles. The zero-order valence-corrected chi connectivity index (χ0v) is 6.75. The maximum atomic E-state index is 5.51. The van der Waals surface area contributed by atoms with Gasteiger partial charge >= 0.3 is 0 Å². The van der Waals surface area contributed by atoms with Crippen LogP contribution in [0.25, 0.3) is 0 Å². The highest BCUT2D eigenvalue weighted by Crippen LogP contribution is 2.04. The standard InChI is InChI=1S/C8H14Cl/c1-3-4-5-6-7-8(2)9/h7H,2-6H2,1H3. The third-order valence-electron chi connectivity index (χ3n) is 1.17.